The molecule has 0 atom stereocenters. The van der Waals surface area contributed by atoms with Gasteiger partial charge in [-0.1, -0.05) is 12.1 Å². The van der Waals surface area contributed by atoms with Crippen LogP contribution in [-0.4, -0.2) is 41.6 Å². The van der Waals surface area contributed by atoms with Crippen LogP contribution in [0, 0.1) is 0 Å². The second-order valence-electron chi connectivity index (χ2n) is 10.2. The highest BCUT2D eigenvalue weighted by molar-refractivity contribution is 5.95. The summed E-state index contributed by atoms with van der Waals surface area (Å²) in [6, 6.07) is 8.69. The zero-order chi connectivity index (χ0) is 23.1. The molecule has 1 fully saturated rings. The van der Waals surface area contributed by atoms with Gasteiger partial charge in [0.2, 0.25) is 5.95 Å². The molecule has 5 rings (SSSR count). The van der Waals surface area contributed by atoms with E-state index in [1.54, 1.807) is 12.5 Å². The first-order valence-corrected chi connectivity index (χ1v) is 11.4. The van der Waals surface area contributed by atoms with Crippen molar-refractivity contribution in [2.45, 2.75) is 57.7 Å². The smallest absolute Gasteiger partial charge is 0.223 e. The highest BCUT2D eigenvalue weighted by Gasteiger charge is 2.37. The number of rotatable bonds is 5. The number of piperidine rings is 1. The van der Waals surface area contributed by atoms with Gasteiger partial charge in [-0.3, -0.25) is 0 Å². The number of aromatic nitrogens is 5. The molecule has 0 amide bonds. The third-order valence-electron chi connectivity index (χ3n) is 6.12. The summed E-state index contributed by atoms with van der Waals surface area (Å²) >= 11 is 0. The topological polar surface area (TPSA) is 83.5 Å². The second kappa shape index (κ2) is 8.15. The number of aromatic amines is 1. The van der Waals surface area contributed by atoms with E-state index in [1.807, 2.05) is 35.4 Å². The van der Waals surface area contributed by atoms with Gasteiger partial charge in [-0.15, -0.1) is 0 Å². The Balaban J connectivity index is 1.37. The third kappa shape index (κ3) is 4.83. The standard InChI is InChI=1S/C26H31N7/c1-25(2)14-19(15-26(3,4)32-25)30-24-28-9-7-22(31-24)21-16-29-23-13-18(5-6-20(21)23)8-11-33-12-10-27-17-33/h5-13,16-17,19,29,32H,14-15H2,1-4H3,(H,28,30,31). The molecule has 4 heterocycles. The van der Waals surface area contributed by atoms with E-state index in [0.717, 1.165) is 40.6 Å². The minimum Gasteiger partial charge on any atom is -0.360 e. The zero-order valence-corrected chi connectivity index (χ0v) is 19.6. The monoisotopic (exact) mass is 441 g/mol. The zero-order valence-electron chi connectivity index (χ0n) is 19.6. The van der Waals surface area contributed by atoms with E-state index in [2.05, 4.69) is 77.6 Å². The van der Waals surface area contributed by atoms with E-state index >= 15 is 0 Å². The van der Waals surface area contributed by atoms with Crippen LogP contribution < -0.4 is 10.6 Å². The first-order valence-electron chi connectivity index (χ1n) is 11.4. The minimum atomic E-state index is 0.0673. The molecule has 4 aromatic rings. The quantitative estimate of drug-likeness (QED) is 0.398. The maximum Gasteiger partial charge on any atom is 0.223 e. The molecule has 3 N–H and O–H groups in total. The number of H-pyrrole nitrogens is 1. The molecular weight excluding hydrogens is 410 g/mol. The molecule has 1 saturated heterocycles. The number of nitrogens with zero attached hydrogens (tertiary/aromatic N) is 4. The Morgan fingerprint density at radius 3 is 2.67 bits per heavy atom. The van der Waals surface area contributed by atoms with Crippen LogP contribution in [0.5, 0.6) is 0 Å². The molecular formula is C26H31N7. The fourth-order valence-corrected chi connectivity index (χ4v) is 5.17. The molecule has 7 heteroatoms. The summed E-state index contributed by atoms with van der Waals surface area (Å²) in [5.41, 5.74) is 4.31. The highest BCUT2D eigenvalue weighted by Crippen LogP contribution is 2.31. The molecule has 0 bridgehead atoms. The van der Waals surface area contributed by atoms with Crippen molar-refractivity contribution in [3.63, 3.8) is 0 Å². The lowest BCUT2D eigenvalue weighted by molar-refractivity contribution is 0.170. The summed E-state index contributed by atoms with van der Waals surface area (Å²) in [7, 11) is 0. The molecule has 0 radical (unpaired) electrons. The lowest BCUT2D eigenvalue weighted by Crippen LogP contribution is -2.60. The second-order valence-corrected chi connectivity index (χ2v) is 10.2. The number of imidazole rings is 1. The van der Waals surface area contributed by atoms with Gasteiger partial charge in [-0.25, -0.2) is 15.0 Å². The van der Waals surface area contributed by atoms with Crippen LogP contribution in [0.3, 0.4) is 0 Å². The van der Waals surface area contributed by atoms with E-state index in [9.17, 15) is 0 Å². The summed E-state index contributed by atoms with van der Waals surface area (Å²) in [5, 5.41) is 8.46. The van der Waals surface area contributed by atoms with Gasteiger partial charge in [0, 0.05) is 64.6 Å². The summed E-state index contributed by atoms with van der Waals surface area (Å²) in [6.07, 6.45) is 15.4. The maximum atomic E-state index is 4.86. The first-order chi connectivity index (χ1) is 15.8. The number of nitrogens with one attached hydrogen (secondary N) is 3. The van der Waals surface area contributed by atoms with Gasteiger partial charge >= 0.3 is 0 Å². The molecule has 1 aromatic carbocycles. The lowest BCUT2D eigenvalue weighted by atomic mass is 9.80. The van der Waals surface area contributed by atoms with Gasteiger partial charge in [0.1, 0.15) is 0 Å². The molecule has 1 aliphatic heterocycles. The van der Waals surface area contributed by atoms with Crippen molar-refractivity contribution in [2.75, 3.05) is 5.32 Å². The fraction of sp³-hybridized carbons (Fsp3) is 0.346. The highest BCUT2D eigenvalue weighted by atomic mass is 15.2. The van der Waals surface area contributed by atoms with Gasteiger partial charge in [-0.05, 0) is 64.3 Å². The van der Waals surface area contributed by atoms with Crippen molar-refractivity contribution in [1.29, 1.82) is 0 Å². The summed E-state index contributed by atoms with van der Waals surface area (Å²) in [5.74, 6) is 0.681. The molecule has 33 heavy (non-hydrogen) atoms. The molecule has 1 aliphatic rings. The van der Waals surface area contributed by atoms with Crippen LogP contribution in [0.15, 0.2) is 55.4 Å². The van der Waals surface area contributed by atoms with Gasteiger partial charge in [-0.2, -0.15) is 0 Å². The van der Waals surface area contributed by atoms with Gasteiger partial charge in [0.15, 0.2) is 0 Å². The fourth-order valence-electron chi connectivity index (χ4n) is 5.17. The molecule has 7 nitrogen and oxygen atoms in total. The van der Waals surface area contributed by atoms with Crippen molar-refractivity contribution >= 4 is 29.1 Å². The van der Waals surface area contributed by atoms with Crippen LogP contribution in [0.25, 0.3) is 34.4 Å². The molecule has 0 saturated carbocycles. The molecule has 3 aromatic heterocycles. The van der Waals surface area contributed by atoms with E-state index in [4.69, 9.17) is 4.98 Å². The minimum absolute atomic E-state index is 0.0673. The Morgan fingerprint density at radius 1 is 1.09 bits per heavy atom. The van der Waals surface area contributed by atoms with Crippen molar-refractivity contribution in [2.24, 2.45) is 0 Å². The first kappa shape index (κ1) is 21.4. The van der Waals surface area contributed by atoms with Crippen LogP contribution >= 0.6 is 0 Å². The van der Waals surface area contributed by atoms with Crippen molar-refractivity contribution in [3.8, 4) is 11.3 Å². The molecule has 0 aliphatic carbocycles. The van der Waals surface area contributed by atoms with Gasteiger partial charge in [0.05, 0.1) is 12.0 Å². The third-order valence-corrected chi connectivity index (χ3v) is 6.12. The number of anilines is 1. The predicted molar refractivity (Wildman–Crippen MR) is 135 cm³/mol. The van der Waals surface area contributed by atoms with Crippen molar-refractivity contribution < 1.29 is 0 Å². The Kier molecular flexibility index (Phi) is 5.29. The summed E-state index contributed by atoms with van der Waals surface area (Å²) in [6.45, 7) is 9.02. The Morgan fingerprint density at radius 2 is 1.91 bits per heavy atom. The van der Waals surface area contributed by atoms with E-state index in [-0.39, 0.29) is 11.1 Å². The van der Waals surface area contributed by atoms with Gasteiger partial charge in [0.25, 0.3) is 0 Å². The van der Waals surface area contributed by atoms with E-state index < -0.39 is 0 Å². The average Bonchev–Trinajstić information content (AvgIpc) is 3.39. The van der Waals surface area contributed by atoms with Gasteiger partial charge < -0.3 is 20.2 Å². The van der Waals surface area contributed by atoms with E-state index in [1.165, 1.54) is 0 Å². The predicted octanol–water partition coefficient (Wildman–Crippen LogP) is 5.17. The van der Waals surface area contributed by atoms with Crippen LogP contribution in [0.1, 0.15) is 46.1 Å². The number of benzene rings is 1. The normalized spacial score (nSPS) is 18.2. The van der Waals surface area contributed by atoms with Crippen LogP contribution in [0.2, 0.25) is 0 Å². The van der Waals surface area contributed by atoms with Crippen molar-refractivity contribution in [1.82, 2.24) is 29.8 Å². The van der Waals surface area contributed by atoms with Crippen LogP contribution in [-0.2, 0) is 0 Å². The maximum absolute atomic E-state index is 4.86. The van der Waals surface area contributed by atoms with E-state index in [0.29, 0.717) is 12.0 Å². The SMILES string of the molecule is CC1(C)CC(Nc2nccc(-c3c[nH]c4cc(C=Cn5ccnc5)ccc34)n2)CC(C)(C)N1. The Hall–Kier alpha value is -3.45. The van der Waals surface area contributed by atoms with Crippen molar-refractivity contribution in [3.05, 3.63) is 60.9 Å². The number of hydrogen-bond acceptors (Lipinski definition) is 5. The number of hydrogen-bond donors (Lipinski definition) is 3. The molecule has 0 spiro atoms. The summed E-state index contributed by atoms with van der Waals surface area (Å²) < 4.78 is 1.92. The average molecular weight is 442 g/mol. The molecule has 170 valence electrons. The largest absolute Gasteiger partial charge is 0.360 e. The Bertz CT molecular complexity index is 1270. The Labute approximate surface area is 194 Å². The van der Waals surface area contributed by atoms with Crippen LogP contribution in [0.4, 0.5) is 5.95 Å². The molecule has 0 unspecified atom stereocenters. The summed E-state index contributed by atoms with van der Waals surface area (Å²) in [4.78, 5) is 16.8. The lowest BCUT2D eigenvalue weighted by Gasteiger charge is -2.46. The number of fused-ring (bicyclic) bond motifs is 1.